The van der Waals surface area contributed by atoms with Crippen molar-refractivity contribution in [2.45, 2.75) is 33.0 Å². The maximum Gasteiger partial charge on any atom is 0.159 e. The van der Waals surface area contributed by atoms with Crippen LogP contribution >= 0.6 is 0 Å². The number of ether oxygens (including phenoxy) is 1. The van der Waals surface area contributed by atoms with E-state index < -0.39 is 0 Å². The second kappa shape index (κ2) is 6.45. The third kappa shape index (κ3) is 3.10. The number of hydrogen-bond donors (Lipinski definition) is 0. The molecule has 0 radical (unpaired) electrons. The van der Waals surface area contributed by atoms with E-state index in [1.165, 1.54) is 5.56 Å². The van der Waals surface area contributed by atoms with Crippen LogP contribution in [0.25, 0.3) is 22.0 Å². The molecule has 4 nitrogen and oxygen atoms in total. The van der Waals surface area contributed by atoms with E-state index in [-0.39, 0.29) is 12.2 Å². The first kappa shape index (κ1) is 16.0. The van der Waals surface area contributed by atoms with Crippen LogP contribution in [0.3, 0.4) is 0 Å². The fraction of sp³-hybridized carbons (Fsp3) is 0.333. The van der Waals surface area contributed by atoms with Gasteiger partial charge in [-0.25, -0.2) is 0 Å². The standard InChI is InChI=1S/C21H23N3O/c1-14-8-10-17(11-9-14)20-18-6-4-5-7-19(18)21(23-22-20)24-12-15(2)25-16(3)13-24/h4-11,15-16H,12-13H2,1-3H3/t15-,16-/m0/s1. The third-order valence-electron chi connectivity index (χ3n) is 4.71. The number of fused-ring (bicyclic) bond motifs is 1. The quantitative estimate of drug-likeness (QED) is 0.704. The largest absolute Gasteiger partial charge is 0.372 e. The smallest absolute Gasteiger partial charge is 0.159 e. The molecule has 1 aromatic heterocycles. The fourth-order valence-electron chi connectivity index (χ4n) is 3.60. The summed E-state index contributed by atoms with van der Waals surface area (Å²) in [5.74, 6) is 0.952. The van der Waals surface area contributed by atoms with Gasteiger partial charge in [0.05, 0.1) is 12.2 Å². The summed E-state index contributed by atoms with van der Waals surface area (Å²) in [5.41, 5.74) is 3.28. The Morgan fingerprint density at radius 3 is 2.20 bits per heavy atom. The zero-order valence-electron chi connectivity index (χ0n) is 14.9. The molecule has 1 aliphatic heterocycles. The molecule has 1 saturated heterocycles. The Morgan fingerprint density at radius 1 is 0.880 bits per heavy atom. The molecular weight excluding hydrogens is 310 g/mol. The van der Waals surface area contributed by atoms with Crippen LogP contribution in [0.5, 0.6) is 0 Å². The molecule has 0 spiro atoms. The first-order valence-corrected chi connectivity index (χ1v) is 8.84. The number of hydrogen-bond acceptors (Lipinski definition) is 4. The van der Waals surface area contributed by atoms with Crippen LogP contribution in [0.2, 0.25) is 0 Å². The van der Waals surface area contributed by atoms with E-state index in [1.54, 1.807) is 0 Å². The molecule has 4 rings (SSSR count). The molecule has 2 aromatic carbocycles. The Hall–Kier alpha value is -2.46. The van der Waals surface area contributed by atoms with Crippen molar-refractivity contribution in [2.24, 2.45) is 0 Å². The first-order valence-electron chi connectivity index (χ1n) is 8.84. The minimum absolute atomic E-state index is 0.195. The minimum Gasteiger partial charge on any atom is -0.372 e. The molecule has 2 atom stereocenters. The average Bonchev–Trinajstić information content (AvgIpc) is 2.61. The summed E-state index contributed by atoms with van der Waals surface area (Å²) in [6.45, 7) is 8.00. The van der Waals surface area contributed by atoms with Crippen molar-refractivity contribution in [3.05, 3.63) is 54.1 Å². The van der Waals surface area contributed by atoms with Crippen LogP contribution in [-0.2, 0) is 4.74 Å². The topological polar surface area (TPSA) is 38.2 Å². The minimum atomic E-state index is 0.195. The van der Waals surface area contributed by atoms with Crippen molar-refractivity contribution in [3.63, 3.8) is 0 Å². The first-order chi connectivity index (χ1) is 12.1. The number of benzene rings is 2. The van der Waals surface area contributed by atoms with Gasteiger partial charge >= 0.3 is 0 Å². The molecule has 0 N–H and O–H groups in total. The molecule has 1 aliphatic rings. The van der Waals surface area contributed by atoms with E-state index in [0.717, 1.165) is 40.9 Å². The van der Waals surface area contributed by atoms with E-state index in [4.69, 9.17) is 4.74 Å². The Labute approximate surface area is 148 Å². The lowest BCUT2D eigenvalue weighted by Crippen LogP contribution is -2.46. The number of morpholine rings is 1. The van der Waals surface area contributed by atoms with Crippen LogP contribution in [0.15, 0.2) is 48.5 Å². The summed E-state index contributed by atoms with van der Waals surface area (Å²) >= 11 is 0. The van der Waals surface area contributed by atoms with E-state index >= 15 is 0 Å². The zero-order valence-corrected chi connectivity index (χ0v) is 14.9. The highest BCUT2D eigenvalue weighted by atomic mass is 16.5. The molecule has 0 aliphatic carbocycles. The highest BCUT2D eigenvalue weighted by Crippen LogP contribution is 2.32. The third-order valence-corrected chi connectivity index (χ3v) is 4.71. The van der Waals surface area contributed by atoms with Crippen molar-refractivity contribution in [3.8, 4) is 11.3 Å². The Morgan fingerprint density at radius 2 is 1.52 bits per heavy atom. The molecule has 1 fully saturated rings. The van der Waals surface area contributed by atoms with Gasteiger partial charge in [0.1, 0.15) is 5.69 Å². The van der Waals surface area contributed by atoms with Crippen LogP contribution in [0.1, 0.15) is 19.4 Å². The summed E-state index contributed by atoms with van der Waals surface area (Å²) in [7, 11) is 0. The molecule has 4 heteroatoms. The molecule has 25 heavy (non-hydrogen) atoms. The van der Waals surface area contributed by atoms with Crippen LogP contribution in [0, 0.1) is 6.92 Å². The Bertz CT molecular complexity index is 881. The summed E-state index contributed by atoms with van der Waals surface area (Å²) in [4.78, 5) is 2.30. The van der Waals surface area contributed by atoms with Gasteiger partial charge in [-0.15, -0.1) is 10.2 Å². The normalized spacial score (nSPS) is 20.8. The van der Waals surface area contributed by atoms with Gasteiger partial charge in [0.25, 0.3) is 0 Å². The second-order valence-electron chi connectivity index (χ2n) is 6.95. The van der Waals surface area contributed by atoms with Crippen molar-refractivity contribution in [2.75, 3.05) is 18.0 Å². The predicted molar refractivity (Wildman–Crippen MR) is 102 cm³/mol. The average molecular weight is 333 g/mol. The highest BCUT2D eigenvalue weighted by Gasteiger charge is 2.25. The maximum absolute atomic E-state index is 5.86. The van der Waals surface area contributed by atoms with E-state index in [1.807, 2.05) is 0 Å². The number of rotatable bonds is 2. The van der Waals surface area contributed by atoms with Gasteiger partial charge in [0.15, 0.2) is 5.82 Å². The van der Waals surface area contributed by atoms with Crippen molar-refractivity contribution >= 4 is 16.6 Å². The van der Waals surface area contributed by atoms with Gasteiger partial charge in [0.2, 0.25) is 0 Å². The zero-order chi connectivity index (χ0) is 17.4. The maximum atomic E-state index is 5.86. The summed E-state index contributed by atoms with van der Waals surface area (Å²) in [6.07, 6.45) is 0.391. The Balaban J connectivity index is 1.83. The van der Waals surface area contributed by atoms with Gasteiger partial charge in [0, 0.05) is 29.4 Å². The van der Waals surface area contributed by atoms with Gasteiger partial charge < -0.3 is 9.64 Å². The van der Waals surface area contributed by atoms with Gasteiger partial charge in [-0.2, -0.15) is 0 Å². The summed E-state index contributed by atoms with van der Waals surface area (Å²) < 4.78 is 5.86. The van der Waals surface area contributed by atoms with Crippen LogP contribution < -0.4 is 4.90 Å². The molecule has 128 valence electrons. The molecule has 0 unspecified atom stereocenters. The van der Waals surface area contributed by atoms with Crippen molar-refractivity contribution in [1.82, 2.24) is 10.2 Å². The van der Waals surface area contributed by atoms with Gasteiger partial charge in [-0.1, -0.05) is 54.1 Å². The van der Waals surface area contributed by atoms with Crippen LogP contribution in [-0.4, -0.2) is 35.5 Å². The molecular formula is C21H23N3O. The SMILES string of the molecule is Cc1ccc(-c2nnc(N3C[C@H](C)O[C@@H](C)C3)c3ccccc23)cc1. The van der Waals surface area contributed by atoms with E-state index in [2.05, 4.69) is 84.4 Å². The van der Waals surface area contributed by atoms with E-state index in [9.17, 15) is 0 Å². The summed E-state index contributed by atoms with van der Waals surface area (Å²) in [6, 6.07) is 16.9. The number of aromatic nitrogens is 2. The molecule has 2 heterocycles. The number of nitrogens with zero attached hydrogens (tertiary/aromatic N) is 3. The van der Waals surface area contributed by atoms with Crippen LogP contribution in [0.4, 0.5) is 5.82 Å². The number of anilines is 1. The predicted octanol–water partition coefficient (Wildman–Crippen LogP) is 4.22. The van der Waals surface area contributed by atoms with Gasteiger partial charge in [-0.3, -0.25) is 0 Å². The Kier molecular flexibility index (Phi) is 4.14. The number of aryl methyl sites for hydroxylation is 1. The second-order valence-corrected chi connectivity index (χ2v) is 6.95. The van der Waals surface area contributed by atoms with Crippen molar-refractivity contribution < 1.29 is 4.74 Å². The summed E-state index contributed by atoms with van der Waals surface area (Å²) in [5, 5.41) is 11.5. The lowest BCUT2D eigenvalue weighted by atomic mass is 10.0. The highest BCUT2D eigenvalue weighted by molar-refractivity contribution is 6.00. The fourth-order valence-corrected chi connectivity index (χ4v) is 3.60. The lowest BCUT2D eigenvalue weighted by Gasteiger charge is -2.36. The molecule has 0 bridgehead atoms. The van der Waals surface area contributed by atoms with Gasteiger partial charge in [-0.05, 0) is 20.8 Å². The molecule has 0 saturated carbocycles. The monoisotopic (exact) mass is 333 g/mol. The molecule has 3 aromatic rings. The lowest BCUT2D eigenvalue weighted by molar-refractivity contribution is -0.00540. The van der Waals surface area contributed by atoms with E-state index in [0.29, 0.717) is 0 Å². The molecule has 0 amide bonds. The van der Waals surface area contributed by atoms with Crippen molar-refractivity contribution in [1.29, 1.82) is 0 Å².